The largest absolute Gasteiger partial charge is 0.392 e. The van der Waals surface area contributed by atoms with Crippen molar-refractivity contribution in [1.29, 1.82) is 0 Å². The van der Waals surface area contributed by atoms with Gasteiger partial charge in [-0.2, -0.15) is 0 Å². The van der Waals surface area contributed by atoms with Crippen molar-refractivity contribution in [3.8, 4) is 0 Å². The van der Waals surface area contributed by atoms with Crippen LogP contribution in [0.1, 0.15) is 51.4 Å². The molecule has 2 unspecified atom stereocenters. The Morgan fingerprint density at radius 2 is 1.86 bits per heavy atom. The maximum Gasteiger partial charge on any atom is 0.225 e. The first-order valence-electron chi connectivity index (χ1n) is 9.00. The molecule has 3 aliphatic rings. The van der Waals surface area contributed by atoms with Crippen molar-refractivity contribution in [3.63, 3.8) is 0 Å². The van der Waals surface area contributed by atoms with E-state index in [0.717, 1.165) is 52.1 Å². The number of rotatable bonds is 4. The van der Waals surface area contributed by atoms with Gasteiger partial charge in [-0.3, -0.25) is 9.69 Å². The third kappa shape index (κ3) is 3.47. The Kier molecular flexibility index (Phi) is 5.37. The second-order valence-electron chi connectivity index (χ2n) is 7.21. The first-order valence-corrected chi connectivity index (χ1v) is 9.00. The van der Waals surface area contributed by atoms with Crippen LogP contribution in [0.5, 0.6) is 0 Å². The molecule has 22 heavy (non-hydrogen) atoms. The van der Waals surface area contributed by atoms with Crippen LogP contribution in [0.2, 0.25) is 0 Å². The predicted molar refractivity (Wildman–Crippen MR) is 84.6 cm³/mol. The molecule has 3 rings (SSSR count). The number of aliphatic hydroxyl groups is 1. The Hall–Kier alpha value is -0.650. The Morgan fingerprint density at radius 3 is 2.50 bits per heavy atom. The minimum absolute atomic E-state index is 0.0585. The van der Waals surface area contributed by atoms with Gasteiger partial charge in [-0.15, -0.1) is 0 Å². The standard InChI is InChI=1S/C17H30N2O3/c20-15-6-4-5-14(15)16(21)18-13-17(7-2-1-3-8-17)19-9-11-22-12-10-19/h14-15,20H,1-13H2,(H,18,21). The fourth-order valence-corrected chi connectivity index (χ4v) is 4.48. The van der Waals surface area contributed by atoms with Crippen LogP contribution in [0.25, 0.3) is 0 Å². The maximum absolute atomic E-state index is 12.4. The van der Waals surface area contributed by atoms with Gasteiger partial charge in [0.1, 0.15) is 0 Å². The molecule has 0 aromatic rings. The Morgan fingerprint density at radius 1 is 1.14 bits per heavy atom. The van der Waals surface area contributed by atoms with E-state index in [2.05, 4.69) is 10.2 Å². The van der Waals surface area contributed by atoms with E-state index in [0.29, 0.717) is 0 Å². The van der Waals surface area contributed by atoms with E-state index in [-0.39, 0.29) is 17.4 Å². The molecule has 126 valence electrons. The lowest BCUT2D eigenvalue weighted by Crippen LogP contribution is -2.60. The molecule has 0 bridgehead atoms. The van der Waals surface area contributed by atoms with Crippen molar-refractivity contribution in [1.82, 2.24) is 10.2 Å². The number of carbonyl (C=O) groups excluding carboxylic acids is 1. The molecule has 0 aromatic heterocycles. The lowest BCUT2D eigenvalue weighted by atomic mass is 9.79. The summed E-state index contributed by atoms with van der Waals surface area (Å²) in [6.07, 6.45) is 8.27. The molecule has 2 saturated carbocycles. The Bertz CT molecular complexity index is 376. The number of nitrogens with zero attached hydrogens (tertiary/aromatic N) is 1. The lowest BCUT2D eigenvalue weighted by Gasteiger charge is -2.48. The number of aliphatic hydroxyl groups excluding tert-OH is 1. The molecule has 1 aliphatic heterocycles. The van der Waals surface area contributed by atoms with Crippen LogP contribution in [0.4, 0.5) is 0 Å². The summed E-state index contributed by atoms with van der Waals surface area (Å²) in [6.45, 7) is 4.28. The summed E-state index contributed by atoms with van der Waals surface area (Å²) in [5.41, 5.74) is 0.112. The van der Waals surface area contributed by atoms with Gasteiger partial charge in [-0.1, -0.05) is 19.3 Å². The highest BCUT2D eigenvalue weighted by Gasteiger charge is 2.40. The molecule has 2 atom stereocenters. The first kappa shape index (κ1) is 16.2. The molecule has 1 heterocycles. The van der Waals surface area contributed by atoms with Crippen LogP contribution in [0.3, 0.4) is 0 Å². The SMILES string of the molecule is O=C(NCC1(N2CCOCC2)CCCCC1)C1CCCC1O. The van der Waals surface area contributed by atoms with Crippen LogP contribution in [0.15, 0.2) is 0 Å². The number of amides is 1. The molecule has 5 heteroatoms. The van der Waals surface area contributed by atoms with Crippen molar-refractivity contribution in [2.45, 2.75) is 63.0 Å². The number of hydrogen-bond acceptors (Lipinski definition) is 4. The molecule has 0 aromatic carbocycles. The average molecular weight is 310 g/mol. The van der Waals surface area contributed by atoms with Gasteiger partial charge in [0.05, 0.1) is 25.2 Å². The topological polar surface area (TPSA) is 61.8 Å². The highest BCUT2D eigenvalue weighted by atomic mass is 16.5. The zero-order chi connectivity index (χ0) is 15.4. The first-order chi connectivity index (χ1) is 10.7. The van der Waals surface area contributed by atoms with Crippen molar-refractivity contribution in [2.24, 2.45) is 5.92 Å². The minimum atomic E-state index is -0.439. The number of morpholine rings is 1. The Labute approximate surface area is 133 Å². The second-order valence-corrected chi connectivity index (χ2v) is 7.21. The summed E-state index contributed by atoms with van der Waals surface area (Å²) in [6, 6.07) is 0. The number of ether oxygens (including phenoxy) is 1. The van der Waals surface area contributed by atoms with E-state index >= 15 is 0 Å². The Balaban J connectivity index is 1.61. The van der Waals surface area contributed by atoms with Crippen molar-refractivity contribution >= 4 is 5.91 Å². The summed E-state index contributed by atoms with van der Waals surface area (Å²) in [5, 5.41) is 13.1. The van der Waals surface area contributed by atoms with Crippen LogP contribution in [0, 0.1) is 5.92 Å². The van der Waals surface area contributed by atoms with Crippen LogP contribution < -0.4 is 5.32 Å². The van der Waals surface area contributed by atoms with E-state index in [1.807, 2.05) is 0 Å². The molecule has 2 aliphatic carbocycles. The van der Waals surface area contributed by atoms with Gasteiger partial charge in [0.25, 0.3) is 0 Å². The highest BCUT2D eigenvalue weighted by molar-refractivity contribution is 5.79. The van der Waals surface area contributed by atoms with Gasteiger partial charge < -0.3 is 15.2 Å². The summed E-state index contributed by atoms with van der Waals surface area (Å²) >= 11 is 0. The predicted octanol–water partition coefficient (Wildman–Crippen LogP) is 1.30. The second kappa shape index (κ2) is 7.28. The van der Waals surface area contributed by atoms with Crippen LogP contribution >= 0.6 is 0 Å². The molecular formula is C17H30N2O3. The van der Waals surface area contributed by atoms with Crippen molar-refractivity contribution < 1.29 is 14.6 Å². The van der Waals surface area contributed by atoms with Gasteiger partial charge in [-0.25, -0.2) is 0 Å². The average Bonchev–Trinajstić information content (AvgIpc) is 3.00. The molecule has 0 spiro atoms. The van der Waals surface area contributed by atoms with Gasteiger partial charge in [0.15, 0.2) is 0 Å². The molecular weight excluding hydrogens is 280 g/mol. The van der Waals surface area contributed by atoms with E-state index < -0.39 is 6.10 Å². The van der Waals surface area contributed by atoms with Gasteiger partial charge in [-0.05, 0) is 32.1 Å². The van der Waals surface area contributed by atoms with Crippen LogP contribution in [-0.2, 0) is 9.53 Å². The van der Waals surface area contributed by atoms with Crippen LogP contribution in [-0.4, -0.2) is 60.4 Å². The summed E-state index contributed by atoms with van der Waals surface area (Å²) in [4.78, 5) is 15.0. The molecule has 0 radical (unpaired) electrons. The molecule has 5 nitrogen and oxygen atoms in total. The van der Waals surface area contributed by atoms with Gasteiger partial charge in [0, 0.05) is 25.2 Å². The van der Waals surface area contributed by atoms with E-state index in [1.165, 1.54) is 32.1 Å². The molecule has 3 fully saturated rings. The van der Waals surface area contributed by atoms with Crippen molar-refractivity contribution in [2.75, 3.05) is 32.8 Å². The normalized spacial score (nSPS) is 32.8. The summed E-state index contributed by atoms with van der Waals surface area (Å²) in [5.74, 6) is -0.131. The lowest BCUT2D eigenvalue weighted by molar-refractivity contribution is -0.128. The van der Waals surface area contributed by atoms with Crippen molar-refractivity contribution in [3.05, 3.63) is 0 Å². The monoisotopic (exact) mass is 310 g/mol. The summed E-state index contributed by atoms with van der Waals surface area (Å²) < 4.78 is 5.49. The number of hydrogen-bond donors (Lipinski definition) is 2. The van der Waals surface area contributed by atoms with Gasteiger partial charge in [0.2, 0.25) is 5.91 Å². The quantitative estimate of drug-likeness (QED) is 0.821. The third-order valence-corrected chi connectivity index (χ3v) is 5.87. The fraction of sp³-hybridized carbons (Fsp3) is 0.941. The molecule has 1 saturated heterocycles. The maximum atomic E-state index is 12.4. The smallest absolute Gasteiger partial charge is 0.225 e. The minimum Gasteiger partial charge on any atom is -0.392 e. The fourth-order valence-electron chi connectivity index (χ4n) is 4.48. The number of carbonyl (C=O) groups is 1. The van der Waals surface area contributed by atoms with E-state index in [4.69, 9.17) is 4.74 Å². The van der Waals surface area contributed by atoms with E-state index in [1.54, 1.807) is 0 Å². The highest BCUT2D eigenvalue weighted by Crippen LogP contribution is 2.34. The number of nitrogens with one attached hydrogen (secondary N) is 1. The molecule has 2 N–H and O–H groups in total. The zero-order valence-electron chi connectivity index (χ0n) is 13.6. The zero-order valence-corrected chi connectivity index (χ0v) is 13.6. The third-order valence-electron chi connectivity index (χ3n) is 5.87. The summed E-state index contributed by atoms with van der Waals surface area (Å²) in [7, 11) is 0. The van der Waals surface area contributed by atoms with E-state index in [9.17, 15) is 9.90 Å². The van der Waals surface area contributed by atoms with Gasteiger partial charge >= 0.3 is 0 Å². The molecule has 1 amide bonds.